The molecular formula is C23H23FN4O2S. The second-order valence-corrected chi connectivity index (χ2v) is 8.66. The van der Waals surface area contributed by atoms with E-state index in [1.54, 1.807) is 17.0 Å². The number of likely N-dealkylation sites (tertiary alicyclic amines) is 1. The zero-order chi connectivity index (χ0) is 21.6. The Hall–Kier alpha value is -3.13. The van der Waals surface area contributed by atoms with E-state index in [1.807, 2.05) is 18.2 Å². The van der Waals surface area contributed by atoms with Gasteiger partial charge in [0.2, 0.25) is 16.9 Å². The van der Waals surface area contributed by atoms with Gasteiger partial charge < -0.3 is 10.2 Å². The zero-order valence-electron chi connectivity index (χ0n) is 17.0. The number of hydrogen-bond donors (Lipinski definition) is 1. The summed E-state index contributed by atoms with van der Waals surface area (Å²) < 4.78 is 13.0. The van der Waals surface area contributed by atoms with Crippen LogP contribution in [0.3, 0.4) is 0 Å². The van der Waals surface area contributed by atoms with Crippen LogP contribution in [0.1, 0.15) is 22.6 Å². The van der Waals surface area contributed by atoms with Crippen molar-refractivity contribution in [1.29, 1.82) is 0 Å². The van der Waals surface area contributed by atoms with Crippen LogP contribution in [0.5, 0.6) is 0 Å². The monoisotopic (exact) mass is 438 g/mol. The number of rotatable bonds is 8. The fraction of sp³-hybridized carbons (Fsp3) is 0.304. The van der Waals surface area contributed by atoms with Crippen LogP contribution < -0.4 is 5.32 Å². The minimum Gasteiger partial charge on any atom is -0.342 e. The lowest BCUT2D eigenvalue weighted by molar-refractivity contribution is -0.128. The number of aryl methyl sites for hydroxylation is 2. The summed E-state index contributed by atoms with van der Waals surface area (Å²) in [4.78, 5) is 26.6. The summed E-state index contributed by atoms with van der Waals surface area (Å²) in [6, 6.07) is 16.4. The van der Waals surface area contributed by atoms with E-state index < -0.39 is 5.92 Å². The number of aromatic nitrogens is 2. The normalized spacial score (nSPS) is 16.0. The largest absolute Gasteiger partial charge is 0.342 e. The van der Waals surface area contributed by atoms with Crippen LogP contribution in [0.2, 0.25) is 0 Å². The Morgan fingerprint density at radius 3 is 2.55 bits per heavy atom. The highest BCUT2D eigenvalue weighted by Crippen LogP contribution is 2.22. The topological polar surface area (TPSA) is 75.2 Å². The molecule has 0 aliphatic carbocycles. The molecule has 2 heterocycles. The van der Waals surface area contributed by atoms with E-state index in [9.17, 15) is 14.0 Å². The van der Waals surface area contributed by atoms with Crippen molar-refractivity contribution in [3.05, 3.63) is 76.5 Å². The van der Waals surface area contributed by atoms with E-state index >= 15 is 0 Å². The summed E-state index contributed by atoms with van der Waals surface area (Å²) in [5.41, 5.74) is 2.19. The number of halogens is 1. The van der Waals surface area contributed by atoms with Crippen molar-refractivity contribution in [1.82, 2.24) is 15.1 Å². The lowest BCUT2D eigenvalue weighted by atomic mass is 10.1. The lowest BCUT2D eigenvalue weighted by Crippen LogP contribution is -2.30. The minimum absolute atomic E-state index is 0.0388. The van der Waals surface area contributed by atoms with Gasteiger partial charge in [-0.3, -0.25) is 9.59 Å². The van der Waals surface area contributed by atoms with E-state index in [1.165, 1.54) is 29.0 Å². The first-order valence-corrected chi connectivity index (χ1v) is 11.1. The molecule has 1 N–H and O–H groups in total. The van der Waals surface area contributed by atoms with Crippen LogP contribution in [0, 0.1) is 11.7 Å². The number of nitrogens with one attached hydrogen (secondary N) is 1. The van der Waals surface area contributed by atoms with Gasteiger partial charge >= 0.3 is 0 Å². The Labute approximate surface area is 184 Å². The number of benzene rings is 2. The molecule has 0 unspecified atom stereocenters. The standard InChI is InChI=1S/C23H23FN4O2S/c24-19-9-6-17(7-10-19)12-13-28-15-18(14-21(28)29)22(30)25-23-27-26-20(31-23)11-8-16-4-2-1-3-5-16/h1-7,9-10,18H,8,11-15H2,(H,25,27,30)/t18-/m0/s1. The maximum Gasteiger partial charge on any atom is 0.231 e. The van der Waals surface area contributed by atoms with Crippen molar-refractivity contribution in [2.45, 2.75) is 25.7 Å². The molecule has 6 nitrogen and oxygen atoms in total. The molecule has 31 heavy (non-hydrogen) atoms. The molecule has 160 valence electrons. The highest BCUT2D eigenvalue weighted by Gasteiger charge is 2.34. The summed E-state index contributed by atoms with van der Waals surface area (Å²) in [7, 11) is 0. The number of carbonyl (C=O) groups is 2. The quantitative estimate of drug-likeness (QED) is 0.584. The van der Waals surface area contributed by atoms with E-state index in [0.29, 0.717) is 24.6 Å². The van der Waals surface area contributed by atoms with Gasteiger partial charge in [-0.25, -0.2) is 4.39 Å². The number of carbonyl (C=O) groups excluding carboxylic acids is 2. The van der Waals surface area contributed by atoms with Gasteiger partial charge in [0.05, 0.1) is 5.92 Å². The second-order valence-electron chi connectivity index (χ2n) is 7.59. The average Bonchev–Trinajstić information content (AvgIpc) is 3.39. The summed E-state index contributed by atoms with van der Waals surface area (Å²) in [5.74, 6) is -0.929. The summed E-state index contributed by atoms with van der Waals surface area (Å²) in [6.45, 7) is 0.891. The molecule has 1 aliphatic rings. The first-order valence-electron chi connectivity index (χ1n) is 10.3. The molecule has 2 aromatic carbocycles. The molecule has 4 rings (SSSR count). The minimum atomic E-state index is -0.405. The molecule has 0 bridgehead atoms. The van der Waals surface area contributed by atoms with Crippen molar-refractivity contribution in [3.63, 3.8) is 0 Å². The first kappa shape index (κ1) is 21.1. The van der Waals surface area contributed by atoms with Gasteiger partial charge in [-0.15, -0.1) is 10.2 Å². The molecule has 1 saturated heterocycles. The predicted molar refractivity (Wildman–Crippen MR) is 117 cm³/mol. The Kier molecular flexibility index (Phi) is 6.66. The maximum absolute atomic E-state index is 13.0. The van der Waals surface area contributed by atoms with Crippen LogP contribution >= 0.6 is 11.3 Å². The van der Waals surface area contributed by atoms with Crippen LogP contribution in [0.4, 0.5) is 9.52 Å². The fourth-order valence-electron chi connectivity index (χ4n) is 3.59. The van der Waals surface area contributed by atoms with Gasteiger partial charge in [-0.2, -0.15) is 0 Å². The van der Waals surface area contributed by atoms with Crippen molar-refractivity contribution in [2.24, 2.45) is 5.92 Å². The Morgan fingerprint density at radius 1 is 1.03 bits per heavy atom. The highest BCUT2D eigenvalue weighted by atomic mass is 32.1. The molecule has 1 aliphatic heterocycles. The van der Waals surface area contributed by atoms with Gasteiger partial charge in [0.25, 0.3) is 0 Å². The van der Waals surface area contributed by atoms with E-state index in [0.717, 1.165) is 23.4 Å². The van der Waals surface area contributed by atoms with E-state index in [4.69, 9.17) is 0 Å². The first-order chi connectivity index (χ1) is 15.1. The second kappa shape index (κ2) is 9.78. The van der Waals surface area contributed by atoms with E-state index in [-0.39, 0.29) is 24.1 Å². The molecule has 1 aromatic heterocycles. The van der Waals surface area contributed by atoms with Crippen molar-refractivity contribution < 1.29 is 14.0 Å². The van der Waals surface area contributed by atoms with Crippen LogP contribution in [-0.4, -0.2) is 40.0 Å². The number of amides is 2. The maximum atomic E-state index is 13.0. The molecule has 8 heteroatoms. The third-order valence-electron chi connectivity index (χ3n) is 5.34. The highest BCUT2D eigenvalue weighted by molar-refractivity contribution is 7.15. The van der Waals surface area contributed by atoms with E-state index in [2.05, 4.69) is 27.6 Å². The number of anilines is 1. The fourth-order valence-corrected chi connectivity index (χ4v) is 4.33. The SMILES string of the molecule is O=C(Nc1nnc(CCc2ccccc2)s1)[C@H]1CC(=O)N(CCc2ccc(F)cc2)C1. The molecule has 0 radical (unpaired) electrons. The van der Waals surface area contributed by atoms with Crippen LogP contribution in [0.25, 0.3) is 0 Å². The molecule has 3 aromatic rings. The van der Waals surface area contributed by atoms with Gasteiger partial charge in [-0.05, 0) is 36.1 Å². The molecule has 0 spiro atoms. The van der Waals surface area contributed by atoms with Crippen molar-refractivity contribution >= 4 is 28.3 Å². The third-order valence-corrected chi connectivity index (χ3v) is 6.23. The van der Waals surface area contributed by atoms with Gasteiger partial charge in [0.15, 0.2) is 0 Å². The molecule has 2 amide bonds. The summed E-state index contributed by atoms with van der Waals surface area (Å²) in [6.07, 6.45) is 2.44. The molecule has 1 fully saturated rings. The van der Waals surface area contributed by atoms with Crippen molar-refractivity contribution in [3.8, 4) is 0 Å². The predicted octanol–water partition coefficient (Wildman–Crippen LogP) is 3.49. The summed E-state index contributed by atoms with van der Waals surface area (Å²) in [5, 5.41) is 12.4. The number of hydrogen-bond acceptors (Lipinski definition) is 5. The smallest absolute Gasteiger partial charge is 0.231 e. The van der Waals surface area contributed by atoms with Crippen molar-refractivity contribution in [2.75, 3.05) is 18.4 Å². The Morgan fingerprint density at radius 2 is 1.77 bits per heavy atom. The van der Waals surface area contributed by atoms with Gasteiger partial charge in [0, 0.05) is 25.9 Å². The van der Waals surface area contributed by atoms with Gasteiger partial charge in [0.1, 0.15) is 10.8 Å². The molecular weight excluding hydrogens is 415 g/mol. The Balaban J connectivity index is 1.25. The van der Waals surface area contributed by atoms with Crippen LogP contribution in [-0.2, 0) is 28.9 Å². The molecule has 1 atom stereocenters. The lowest BCUT2D eigenvalue weighted by Gasteiger charge is -2.16. The summed E-state index contributed by atoms with van der Waals surface area (Å²) >= 11 is 1.37. The zero-order valence-corrected chi connectivity index (χ0v) is 17.8. The molecule has 0 saturated carbocycles. The Bertz CT molecular complexity index is 1040. The average molecular weight is 439 g/mol. The van der Waals surface area contributed by atoms with Gasteiger partial charge in [-0.1, -0.05) is 53.8 Å². The third kappa shape index (κ3) is 5.73. The number of nitrogens with zero attached hydrogens (tertiary/aromatic N) is 3. The van der Waals surface area contributed by atoms with Crippen LogP contribution in [0.15, 0.2) is 54.6 Å².